The van der Waals surface area contributed by atoms with E-state index in [-0.39, 0.29) is 17.5 Å². The van der Waals surface area contributed by atoms with Crippen LogP contribution in [0, 0.1) is 17.2 Å². The van der Waals surface area contributed by atoms with E-state index in [9.17, 15) is 10.1 Å². The van der Waals surface area contributed by atoms with Crippen molar-refractivity contribution < 1.29 is 14.3 Å². The molecule has 6 rings (SSSR count). The number of aromatic nitrogens is 5. The average molecular weight is 537 g/mol. The molecule has 1 atom stereocenters. The van der Waals surface area contributed by atoms with Gasteiger partial charge in [-0.05, 0) is 61.9 Å². The Morgan fingerprint density at radius 2 is 1.90 bits per heavy atom. The highest BCUT2D eigenvalue weighted by atomic mass is 16.5. The van der Waals surface area contributed by atoms with E-state index >= 15 is 0 Å². The number of hydrogen-bond donors (Lipinski definition) is 1. The van der Waals surface area contributed by atoms with E-state index in [1.165, 1.54) is 6.33 Å². The molecule has 4 aromatic rings. The first-order valence-electron chi connectivity index (χ1n) is 13.2. The number of nitrogen functional groups attached to an aromatic ring is 1. The van der Waals surface area contributed by atoms with Gasteiger partial charge < -0.3 is 20.1 Å². The van der Waals surface area contributed by atoms with Crippen molar-refractivity contribution in [3.05, 3.63) is 60.6 Å². The molecule has 11 nitrogen and oxygen atoms in total. The molecule has 202 valence electrons. The first-order valence-corrected chi connectivity index (χ1v) is 13.2. The number of fused-ring (bicyclic) bond motifs is 1. The lowest BCUT2D eigenvalue weighted by Gasteiger charge is -2.32. The fraction of sp³-hybridized carbons (Fsp3) is 0.310. The van der Waals surface area contributed by atoms with Crippen molar-refractivity contribution in [3.8, 4) is 34.7 Å². The predicted molar refractivity (Wildman–Crippen MR) is 147 cm³/mol. The maximum absolute atomic E-state index is 13.1. The van der Waals surface area contributed by atoms with E-state index in [2.05, 4.69) is 21.0 Å². The van der Waals surface area contributed by atoms with Crippen molar-refractivity contribution in [2.75, 3.05) is 25.9 Å². The number of amides is 1. The number of ether oxygens (including phenoxy) is 2. The van der Waals surface area contributed by atoms with Crippen molar-refractivity contribution >= 4 is 22.8 Å². The summed E-state index contributed by atoms with van der Waals surface area (Å²) >= 11 is 0. The number of likely N-dealkylation sites (tertiary alicyclic amines) is 1. The van der Waals surface area contributed by atoms with Crippen LogP contribution < -0.4 is 15.2 Å². The average Bonchev–Trinajstić information content (AvgIpc) is 3.73. The standard InChI is InChI=1S/C29H28N8O3/c1-39-22-7-9-23(10-8-22)40-24-11-6-19(15-32-24)26-25-27(31)33-17-34-28(25)37(35-26)21-3-2-12-36(16-21)29(38)20(14-30)13-18-4-5-18/h6-11,13,15,17-18,21H,2-5,12,16H2,1H3,(H2,31,33,34)/t21-/m1/s1. The van der Waals surface area contributed by atoms with Crippen LogP contribution in [0.5, 0.6) is 17.4 Å². The lowest BCUT2D eigenvalue weighted by molar-refractivity contribution is -0.128. The molecule has 2 N–H and O–H groups in total. The van der Waals surface area contributed by atoms with Gasteiger partial charge in [-0.1, -0.05) is 6.08 Å². The molecule has 1 amide bonds. The Hall–Kier alpha value is -4.98. The summed E-state index contributed by atoms with van der Waals surface area (Å²) in [6.45, 7) is 1.03. The number of hydrogen-bond acceptors (Lipinski definition) is 9. The number of allylic oxidation sites excluding steroid dienone is 1. The number of methoxy groups -OCH3 is 1. The monoisotopic (exact) mass is 536 g/mol. The van der Waals surface area contributed by atoms with Gasteiger partial charge in [-0.2, -0.15) is 10.4 Å². The number of nitrogens with zero attached hydrogens (tertiary/aromatic N) is 7. The van der Waals surface area contributed by atoms with E-state index in [4.69, 9.17) is 20.3 Å². The van der Waals surface area contributed by atoms with E-state index in [1.807, 2.05) is 29.0 Å². The Bertz CT molecular complexity index is 1620. The molecule has 0 spiro atoms. The number of pyridine rings is 1. The second-order valence-electron chi connectivity index (χ2n) is 9.99. The molecule has 4 heterocycles. The lowest BCUT2D eigenvalue weighted by atomic mass is 10.0. The molecule has 1 saturated heterocycles. The molecule has 2 aliphatic rings. The van der Waals surface area contributed by atoms with Crippen LogP contribution in [0.25, 0.3) is 22.3 Å². The summed E-state index contributed by atoms with van der Waals surface area (Å²) in [4.78, 5) is 28.1. The van der Waals surface area contributed by atoms with Gasteiger partial charge in [0, 0.05) is 30.9 Å². The molecule has 0 bridgehead atoms. The van der Waals surface area contributed by atoms with E-state index in [0.29, 0.717) is 53.2 Å². The van der Waals surface area contributed by atoms with Crippen molar-refractivity contribution in [2.45, 2.75) is 31.7 Å². The number of rotatable bonds is 7. The van der Waals surface area contributed by atoms with Gasteiger partial charge in [-0.25, -0.2) is 19.6 Å². The fourth-order valence-electron chi connectivity index (χ4n) is 4.96. The van der Waals surface area contributed by atoms with Crippen LogP contribution in [0.1, 0.15) is 31.7 Å². The normalized spacial score (nSPS) is 17.4. The smallest absolute Gasteiger partial charge is 0.264 e. The highest BCUT2D eigenvalue weighted by molar-refractivity contribution is 5.98. The third kappa shape index (κ3) is 5.03. The Morgan fingerprint density at radius 1 is 1.10 bits per heavy atom. The van der Waals surface area contributed by atoms with Crippen LogP contribution in [0.4, 0.5) is 5.82 Å². The number of anilines is 1. The minimum atomic E-state index is -0.221. The Morgan fingerprint density at radius 3 is 2.60 bits per heavy atom. The van der Waals surface area contributed by atoms with Gasteiger partial charge in [0.05, 0.1) is 18.5 Å². The summed E-state index contributed by atoms with van der Waals surface area (Å²) in [5.41, 5.74) is 8.46. The zero-order valence-corrected chi connectivity index (χ0v) is 22.0. The van der Waals surface area contributed by atoms with Gasteiger partial charge in [-0.3, -0.25) is 4.79 Å². The van der Waals surface area contributed by atoms with E-state index in [0.717, 1.165) is 37.0 Å². The molecule has 40 heavy (non-hydrogen) atoms. The third-order valence-corrected chi connectivity index (χ3v) is 7.21. The number of carbonyl (C=O) groups excluding carboxylic acids is 1. The first kappa shape index (κ1) is 25.3. The predicted octanol–water partition coefficient (Wildman–Crippen LogP) is 4.29. The van der Waals surface area contributed by atoms with Crippen LogP contribution in [-0.2, 0) is 4.79 Å². The molecular weight excluding hydrogens is 508 g/mol. The second-order valence-corrected chi connectivity index (χ2v) is 9.99. The summed E-state index contributed by atoms with van der Waals surface area (Å²) in [7, 11) is 1.61. The summed E-state index contributed by atoms with van der Waals surface area (Å²) in [5, 5.41) is 15.1. The first-order chi connectivity index (χ1) is 19.5. The van der Waals surface area contributed by atoms with E-state index in [1.54, 1.807) is 36.4 Å². The number of nitriles is 1. The fourth-order valence-corrected chi connectivity index (χ4v) is 4.96. The van der Waals surface area contributed by atoms with Gasteiger partial charge in [0.15, 0.2) is 5.65 Å². The summed E-state index contributed by atoms with van der Waals surface area (Å²) < 4.78 is 12.9. The van der Waals surface area contributed by atoms with Crippen LogP contribution in [-0.4, -0.2) is 55.7 Å². The molecule has 0 unspecified atom stereocenters. The zero-order chi connectivity index (χ0) is 27.6. The molecule has 0 radical (unpaired) electrons. The van der Waals surface area contributed by atoms with Crippen molar-refractivity contribution in [3.63, 3.8) is 0 Å². The highest BCUT2D eigenvalue weighted by Crippen LogP contribution is 2.35. The summed E-state index contributed by atoms with van der Waals surface area (Å²) in [5.74, 6) is 2.24. The second kappa shape index (κ2) is 10.6. The third-order valence-electron chi connectivity index (χ3n) is 7.21. The quantitative estimate of drug-likeness (QED) is 0.270. The Kier molecular flexibility index (Phi) is 6.74. The molecule has 2 fully saturated rings. The highest BCUT2D eigenvalue weighted by Gasteiger charge is 2.31. The molecule has 11 heteroatoms. The lowest BCUT2D eigenvalue weighted by Crippen LogP contribution is -2.41. The Balaban J connectivity index is 1.27. The minimum absolute atomic E-state index is 0.130. The van der Waals surface area contributed by atoms with Crippen molar-refractivity contribution in [2.24, 2.45) is 5.92 Å². The molecule has 1 aliphatic heterocycles. The van der Waals surface area contributed by atoms with E-state index < -0.39 is 0 Å². The van der Waals surface area contributed by atoms with Crippen molar-refractivity contribution in [1.82, 2.24) is 29.6 Å². The van der Waals surface area contributed by atoms with Gasteiger partial charge in [0.25, 0.3) is 5.91 Å². The molecular formula is C29H28N8O3. The van der Waals surface area contributed by atoms with Gasteiger partial charge in [0.2, 0.25) is 5.88 Å². The number of benzene rings is 1. The van der Waals surface area contributed by atoms with Gasteiger partial charge in [-0.15, -0.1) is 0 Å². The zero-order valence-electron chi connectivity index (χ0n) is 22.0. The number of carbonyl (C=O) groups is 1. The summed E-state index contributed by atoms with van der Waals surface area (Å²) in [6, 6.07) is 12.8. The van der Waals surface area contributed by atoms with Crippen LogP contribution >= 0.6 is 0 Å². The maximum atomic E-state index is 13.1. The van der Waals surface area contributed by atoms with Gasteiger partial charge >= 0.3 is 0 Å². The topological polar surface area (TPSA) is 145 Å². The van der Waals surface area contributed by atoms with Crippen LogP contribution in [0.15, 0.2) is 60.6 Å². The van der Waals surface area contributed by atoms with Crippen LogP contribution in [0.2, 0.25) is 0 Å². The maximum Gasteiger partial charge on any atom is 0.264 e. The number of nitrogens with two attached hydrogens (primary N) is 1. The number of piperidine rings is 1. The molecule has 1 saturated carbocycles. The van der Waals surface area contributed by atoms with Gasteiger partial charge in [0.1, 0.15) is 41.0 Å². The largest absolute Gasteiger partial charge is 0.497 e. The molecule has 3 aromatic heterocycles. The molecule has 1 aromatic carbocycles. The molecule has 1 aliphatic carbocycles. The van der Waals surface area contributed by atoms with Crippen LogP contribution in [0.3, 0.4) is 0 Å². The SMILES string of the molecule is COc1ccc(Oc2ccc(-c3nn([C@@H]4CCCN(C(=O)C(C#N)=CC5CC5)C4)c4ncnc(N)c34)cn2)cc1. The van der Waals surface area contributed by atoms with Crippen molar-refractivity contribution in [1.29, 1.82) is 5.26 Å². The Labute approximate surface area is 230 Å². The summed E-state index contributed by atoms with van der Waals surface area (Å²) in [6.07, 6.45) is 8.58. The minimum Gasteiger partial charge on any atom is -0.497 e.